The van der Waals surface area contributed by atoms with E-state index in [1.165, 1.54) is 12.1 Å². The van der Waals surface area contributed by atoms with Crippen molar-refractivity contribution >= 4 is 29.1 Å². The van der Waals surface area contributed by atoms with Crippen LogP contribution >= 0.6 is 0 Å². The van der Waals surface area contributed by atoms with E-state index in [2.05, 4.69) is 11.4 Å². The number of hydrogen-bond donors (Lipinski definition) is 1. The number of nitro groups is 1. The van der Waals surface area contributed by atoms with E-state index in [1.54, 1.807) is 0 Å². The number of nitrogens with zero attached hydrogens (tertiary/aromatic N) is 3. The highest BCUT2D eigenvalue weighted by atomic mass is 16.6. The first-order valence-electron chi connectivity index (χ1n) is 12.7. The topological polar surface area (TPSA) is 148 Å². The van der Waals surface area contributed by atoms with E-state index in [9.17, 15) is 25.0 Å². The van der Waals surface area contributed by atoms with Crippen molar-refractivity contribution in [3.63, 3.8) is 0 Å². The predicted molar refractivity (Wildman–Crippen MR) is 149 cm³/mol. The Bertz CT molecular complexity index is 1620. The summed E-state index contributed by atoms with van der Waals surface area (Å²) < 4.78 is 16.4. The van der Waals surface area contributed by atoms with Gasteiger partial charge in [0, 0.05) is 30.3 Å². The fraction of sp³-hybridized carbons (Fsp3) is 0.167. The smallest absolute Gasteiger partial charge is 0.338 e. The number of anilines is 2. The number of nitrogens with one attached hydrogen (secondary N) is 1. The summed E-state index contributed by atoms with van der Waals surface area (Å²) >= 11 is 0. The Morgan fingerprint density at radius 2 is 1.66 bits per heavy atom. The summed E-state index contributed by atoms with van der Waals surface area (Å²) in [4.78, 5) is 38.4. The Kier molecular flexibility index (Phi) is 8.03. The number of carbonyl (C=O) groups excluding carboxylic acids is 2. The van der Waals surface area contributed by atoms with Gasteiger partial charge >= 0.3 is 5.97 Å². The number of furan rings is 1. The monoisotopic (exact) mass is 552 g/mol. The number of amides is 1. The molecule has 1 aliphatic rings. The first-order chi connectivity index (χ1) is 20.0. The lowest BCUT2D eigenvalue weighted by Gasteiger charge is -2.28. The molecule has 1 fully saturated rings. The van der Waals surface area contributed by atoms with Crippen molar-refractivity contribution in [3.8, 4) is 28.5 Å². The van der Waals surface area contributed by atoms with Gasteiger partial charge in [-0.3, -0.25) is 20.2 Å². The van der Waals surface area contributed by atoms with Gasteiger partial charge in [-0.2, -0.15) is 5.26 Å². The molecule has 5 rings (SSSR count). The van der Waals surface area contributed by atoms with Crippen molar-refractivity contribution < 1.29 is 28.4 Å². The maximum absolute atomic E-state index is 12.8. The van der Waals surface area contributed by atoms with Crippen molar-refractivity contribution in [2.45, 2.75) is 0 Å². The number of nitriles is 1. The van der Waals surface area contributed by atoms with Crippen LogP contribution in [0.3, 0.4) is 0 Å². The number of benzene rings is 3. The summed E-state index contributed by atoms with van der Waals surface area (Å²) in [6.07, 6.45) is 0. The Morgan fingerprint density at radius 1 is 1.00 bits per heavy atom. The van der Waals surface area contributed by atoms with Crippen LogP contribution in [-0.2, 0) is 14.3 Å². The number of hydrogen-bond acceptors (Lipinski definition) is 9. The van der Waals surface area contributed by atoms with Gasteiger partial charge in [0.05, 0.1) is 23.7 Å². The van der Waals surface area contributed by atoms with Crippen LogP contribution in [0.15, 0.2) is 83.3 Å². The Balaban J connectivity index is 1.33. The maximum atomic E-state index is 12.8. The Morgan fingerprint density at radius 3 is 2.29 bits per heavy atom. The summed E-state index contributed by atoms with van der Waals surface area (Å²) in [5, 5.41) is 24.2. The first kappa shape index (κ1) is 27.1. The minimum absolute atomic E-state index is 0.0741. The zero-order valence-electron chi connectivity index (χ0n) is 21.7. The van der Waals surface area contributed by atoms with E-state index in [-0.39, 0.29) is 22.7 Å². The molecule has 1 aliphatic heterocycles. The highest BCUT2D eigenvalue weighted by Crippen LogP contribution is 2.41. The molecule has 3 aromatic carbocycles. The lowest BCUT2D eigenvalue weighted by atomic mass is 9.98. The van der Waals surface area contributed by atoms with Gasteiger partial charge in [-0.1, -0.05) is 60.7 Å². The molecule has 41 heavy (non-hydrogen) atoms. The maximum Gasteiger partial charge on any atom is 0.338 e. The number of nitro benzene ring substituents is 1. The van der Waals surface area contributed by atoms with Crippen LogP contribution in [0.2, 0.25) is 0 Å². The van der Waals surface area contributed by atoms with Crippen molar-refractivity contribution in [1.29, 1.82) is 5.26 Å². The van der Waals surface area contributed by atoms with Crippen LogP contribution in [0, 0.1) is 21.4 Å². The molecule has 11 nitrogen and oxygen atoms in total. The number of carbonyl (C=O) groups is 2. The van der Waals surface area contributed by atoms with E-state index in [4.69, 9.17) is 13.9 Å². The molecule has 11 heteroatoms. The number of ether oxygens (including phenoxy) is 2. The summed E-state index contributed by atoms with van der Waals surface area (Å²) in [7, 11) is 0. The zero-order valence-corrected chi connectivity index (χ0v) is 21.7. The van der Waals surface area contributed by atoms with E-state index >= 15 is 0 Å². The summed E-state index contributed by atoms with van der Waals surface area (Å²) in [5.41, 5.74) is 2.11. The van der Waals surface area contributed by atoms with E-state index < -0.39 is 23.4 Å². The van der Waals surface area contributed by atoms with Crippen LogP contribution in [0.5, 0.6) is 0 Å². The van der Waals surface area contributed by atoms with Gasteiger partial charge in [0.1, 0.15) is 23.1 Å². The van der Waals surface area contributed by atoms with Gasteiger partial charge in [-0.15, -0.1) is 0 Å². The van der Waals surface area contributed by atoms with Crippen LogP contribution in [-0.4, -0.2) is 49.7 Å². The van der Waals surface area contributed by atoms with Gasteiger partial charge in [0.2, 0.25) is 5.88 Å². The van der Waals surface area contributed by atoms with Crippen molar-refractivity contribution in [2.75, 3.05) is 43.1 Å². The molecule has 0 spiro atoms. The molecule has 0 aliphatic carbocycles. The molecular weight excluding hydrogens is 528 g/mol. The molecule has 1 amide bonds. The molecule has 0 saturated carbocycles. The molecule has 0 unspecified atom stereocenters. The van der Waals surface area contributed by atoms with E-state index in [0.717, 1.165) is 11.6 Å². The second kappa shape index (κ2) is 12.1. The normalized spacial score (nSPS) is 12.8. The van der Waals surface area contributed by atoms with Gasteiger partial charge in [-0.25, -0.2) is 4.79 Å². The second-order valence-corrected chi connectivity index (χ2v) is 9.04. The van der Waals surface area contributed by atoms with Crippen LogP contribution in [0.25, 0.3) is 22.5 Å². The second-order valence-electron chi connectivity index (χ2n) is 9.04. The molecule has 1 aromatic heterocycles. The minimum atomic E-state index is -0.910. The van der Waals surface area contributed by atoms with Crippen molar-refractivity contribution in [2.24, 2.45) is 0 Å². The lowest BCUT2D eigenvalue weighted by molar-refractivity contribution is -0.384. The van der Waals surface area contributed by atoms with E-state index in [1.807, 2.05) is 65.6 Å². The van der Waals surface area contributed by atoms with Crippen molar-refractivity contribution in [1.82, 2.24) is 0 Å². The highest BCUT2D eigenvalue weighted by Gasteiger charge is 2.26. The molecule has 1 N–H and O–H groups in total. The van der Waals surface area contributed by atoms with E-state index in [0.29, 0.717) is 48.9 Å². The Hall–Kier alpha value is -5.47. The SMILES string of the molecule is N#Cc1c(NC(=O)COC(=O)c2ccc(N3CCOCC3)c([N+](=O)[O-])c2)oc(-c2ccccc2)c1-c1ccccc1. The number of morpholine rings is 1. The third-order valence-corrected chi connectivity index (χ3v) is 6.47. The zero-order chi connectivity index (χ0) is 28.8. The molecule has 2 heterocycles. The standard InChI is InChI=1S/C30H24N4O7/c31-18-23-27(20-7-3-1-4-8-20)28(21-9-5-2-6-10-21)41-29(23)32-26(35)19-40-30(36)22-11-12-24(25(17-22)34(37)38)33-13-15-39-16-14-33/h1-12,17H,13-16,19H2,(H,32,35). The highest BCUT2D eigenvalue weighted by molar-refractivity contribution is 5.98. The Labute approximate surface area is 234 Å². The fourth-order valence-electron chi connectivity index (χ4n) is 4.54. The van der Waals surface area contributed by atoms with Gasteiger partial charge in [0.25, 0.3) is 11.6 Å². The summed E-state index contributed by atoms with van der Waals surface area (Å²) in [5.74, 6) is -1.35. The first-order valence-corrected chi connectivity index (χ1v) is 12.7. The third kappa shape index (κ3) is 5.93. The van der Waals surface area contributed by atoms with Gasteiger partial charge in [0.15, 0.2) is 6.61 Å². The molecule has 1 saturated heterocycles. The molecule has 0 atom stereocenters. The van der Waals surface area contributed by atoms with Crippen LogP contribution < -0.4 is 10.2 Å². The number of rotatable bonds is 8. The van der Waals surface area contributed by atoms with Gasteiger partial charge < -0.3 is 18.8 Å². The molecular formula is C30H24N4O7. The predicted octanol–water partition coefficient (Wildman–Crippen LogP) is 5.03. The quantitative estimate of drug-likeness (QED) is 0.181. The van der Waals surface area contributed by atoms with Crippen LogP contribution in [0.4, 0.5) is 17.3 Å². The summed E-state index contributed by atoms with van der Waals surface area (Å²) in [6, 6.07) is 24.4. The number of esters is 1. The lowest BCUT2D eigenvalue weighted by Crippen LogP contribution is -2.36. The van der Waals surface area contributed by atoms with Crippen molar-refractivity contribution in [3.05, 3.63) is 100 Å². The average molecular weight is 553 g/mol. The third-order valence-electron chi connectivity index (χ3n) is 6.47. The molecule has 0 radical (unpaired) electrons. The average Bonchev–Trinajstić information content (AvgIpc) is 3.38. The fourth-order valence-corrected chi connectivity index (χ4v) is 4.54. The molecule has 206 valence electrons. The summed E-state index contributed by atoms with van der Waals surface area (Å²) in [6.45, 7) is 1.16. The largest absolute Gasteiger partial charge is 0.452 e. The molecule has 0 bridgehead atoms. The molecule has 4 aromatic rings. The van der Waals surface area contributed by atoms with Crippen LogP contribution in [0.1, 0.15) is 15.9 Å². The minimum Gasteiger partial charge on any atom is -0.452 e. The van der Waals surface area contributed by atoms with Gasteiger partial charge in [-0.05, 0) is 17.7 Å².